The fourth-order valence-corrected chi connectivity index (χ4v) is 2.86. The van der Waals surface area contributed by atoms with Crippen LogP contribution in [0, 0.1) is 0 Å². The maximum absolute atomic E-state index is 12.0. The van der Waals surface area contributed by atoms with E-state index >= 15 is 0 Å². The van der Waals surface area contributed by atoms with Gasteiger partial charge in [0.1, 0.15) is 0 Å². The van der Waals surface area contributed by atoms with Gasteiger partial charge in [-0.2, -0.15) is 0 Å². The molecular formula is C12H19ClN2O2S. The molecule has 0 saturated carbocycles. The Balaban J connectivity index is 2.78. The lowest BCUT2D eigenvalue weighted by molar-refractivity contribution is 0.576. The summed E-state index contributed by atoms with van der Waals surface area (Å²) in [4.78, 5) is 0.212. The number of hydrogen-bond donors (Lipinski definition) is 2. The summed E-state index contributed by atoms with van der Waals surface area (Å²) in [5.74, 6) is 0. The smallest absolute Gasteiger partial charge is 0.240 e. The van der Waals surface area contributed by atoms with Crippen molar-refractivity contribution in [1.29, 1.82) is 0 Å². The molecule has 6 heteroatoms. The van der Waals surface area contributed by atoms with Crippen LogP contribution >= 0.6 is 11.6 Å². The quantitative estimate of drug-likeness (QED) is 0.757. The summed E-state index contributed by atoms with van der Waals surface area (Å²) in [6.07, 6.45) is 2.91. The molecule has 1 aromatic carbocycles. The molecule has 0 fully saturated rings. The zero-order valence-corrected chi connectivity index (χ0v) is 12.0. The highest BCUT2D eigenvalue weighted by molar-refractivity contribution is 7.89. The van der Waals surface area contributed by atoms with Crippen LogP contribution in [0.2, 0.25) is 5.02 Å². The van der Waals surface area contributed by atoms with Gasteiger partial charge in [-0.3, -0.25) is 0 Å². The average molecular weight is 291 g/mol. The van der Waals surface area contributed by atoms with Gasteiger partial charge in [-0.15, -0.1) is 0 Å². The predicted molar refractivity (Wildman–Crippen MR) is 74.1 cm³/mol. The van der Waals surface area contributed by atoms with Crippen LogP contribution in [0.4, 0.5) is 0 Å². The topological polar surface area (TPSA) is 72.2 Å². The third-order valence-corrected chi connectivity index (χ3v) is 4.45. The van der Waals surface area contributed by atoms with Crippen LogP contribution in [-0.4, -0.2) is 15.0 Å². The molecule has 0 bridgehead atoms. The zero-order valence-electron chi connectivity index (χ0n) is 10.4. The highest BCUT2D eigenvalue weighted by atomic mass is 35.5. The van der Waals surface area contributed by atoms with E-state index in [9.17, 15) is 8.42 Å². The molecule has 1 aromatic rings. The summed E-state index contributed by atoms with van der Waals surface area (Å²) in [6, 6.07) is 4.57. The van der Waals surface area contributed by atoms with Gasteiger partial charge >= 0.3 is 0 Å². The molecule has 0 aliphatic heterocycles. The SMILES string of the molecule is CCCCCNS(=O)(=O)c1ccc(Cl)c(CN)c1. The molecule has 0 saturated heterocycles. The van der Waals surface area contributed by atoms with Gasteiger partial charge in [-0.1, -0.05) is 31.4 Å². The van der Waals surface area contributed by atoms with Crippen LogP contribution in [0.5, 0.6) is 0 Å². The van der Waals surface area contributed by atoms with Crippen molar-refractivity contribution in [3.05, 3.63) is 28.8 Å². The van der Waals surface area contributed by atoms with Crippen molar-refractivity contribution < 1.29 is 8.42 Å². The number of rotatable bonds is 7. The average Bonchev–Trinajstić information content (AvgIpc) is 2.35. The number of sulfonamides is 1. The molecule has 0 radical (unpaired) electrons. The fourth-order valence-electron chi connectivity index (χ4n) is 1.54. The van der Waals surface area contributed by atoms with Crippen molar-refractivity contribution in [1.82, 2.24) is 4.72 Å². The lowest BCUT2D eigenvalue weighted by Gasteiger charge is -2.08. The minimum absolute atomic E-state index is 0.212. The molecule has 1 rings (SSSR count). The van der Waals surface area contributed by atoms with Crippen LogP contribution in [0.3, 0.4) is 0 Å². The molecule has 0 spiro atoms. The Morgan fingerprint density at radius 3 is 2.67 bits per heavy atom. The molecule has 4 nitrogen and oxygen atoms in total. The van der Waals surface area contributed by atoms with Gasteiger partial charge in [0.05, 0.1) is 4.90 Å². The first-order valence-corrected chi connectivity index (χ1v) is 7.85. The van der Waals surface area contributed by atoms with Crippen molar-refractivity contribution in [3.63, 3.8) is 0 Å². The summed E-state index contributed by atoms with van der Waals surface area (Å²) in [5.41, 5.74) is 6.14. The normalized spacial score (nSPS) is 11.7. The van der Waals surface area contributed by atoms with E-state index in [-0.39, 0.29) is 11.4 Å². The first kappa shape index (κ1) is 15.4. The third kappa shape index (κ3) is 4.24. The molecule has 0 heterocycles. The zero-order chi connectivity index (χ0) is 13.6. The summed E-state index contributed by atoms with van der Waals surface area (Å²) >= 11 is 5.90. The van der Waals surface area contributed by atoms with Crippen LogP contribution in [0.15, 0.2) is 23.1 Å². The molecule has 18 heavy (non-hydrogen) atoms. The van der Waals surface area contributed by atoms with Crippen LogP contribution < -0.4 is 10.5 Å². The van der Waals surface area contributed by atoms with Crippen LogP contribution in [0.1, 0.15) is 31.7 Å². The van der Waals surface area contributed by atoms with Gasteiger partial charge in [-0.05, 0) is 30.2 Å². The Kier molecular flexibility index (Phi) is 6.08. The Morgan fingerprint density at radius 2 is 2.06 bits per heavy atom. The third-order valence-electron chi connectivity index (χ3n) is 2.62. The van der Waals surface area contributed by atoms with Gasteiger partial charge in [0.25, 0.3) is 0 Å². The highest BCUT2D eigenvalue weighted by Crippen LogP contribution is 2.19. The van der Waals surface area contributed by atoms with Crippen molar-refractivity contribution in [2.75, 3.05) is 6.54 Å². The summed E-state index contributed by atoms with van der Waals surface area (Å²) in [7, 11) is -3.45. The minimum Gasteiger partial charge on any atom is -0.326 e. The van der Waals surface area contributed by atoms with Gasteiger partial charge < -0.3 is 5.73 Å². The van der Waals surface area contributed by atoms with Crippen LogP contribution in [-0.2, 0) is 16.6 Å². The molecule has 3 N–H and O–H groups in total. The Bertz CT molecular complexity index is 489. The Labute approximate surface area is 114 Å². The summed E-state index contributed by atoms with van der Waals surface area (Å²) in [6.45, 7) is 2.75. The maximum Gasteiger partial charge on any atom is 0.240 e. The van der Waals surface area contributed by atoms with Crippen molar-refractivity contribution in [2.45, 2.75) is 37.6 Å². The summed E-state index contributed by atoms with van der Waals surface area (Å²) in [5, 5.41) is 0.488. The van der Waals surface area contributed by atoms with E-state index in [0.29, 0.717) is 17.1 Å². The Morgan fingerprint density at radius 1 is 1.33 bits per heavy atom. The predicted octanol–water partition coefficient (Wildman–Crippen LogP) is 2.27. The van der Waals surface area contributed by atoms with Crippen molar-refractivity contribution >= 4 is 21.6 Å². The number of nitrogens with two attached hydrogens (primary N) is 1. The number of nitrogens with one attached hydrogen (secondary N) is 1. The summed E-state index contributed by atoms with van der Waals surface area (Å²) < 4.78 is 26.5. The van der Waals surface area contributed by atoms with Gasteiger partial charge in [0.15, 0.2) is 0 Å². The molecule has 0 aliphatic rings. The monoisotopic (exact) mass is 290 g/mol. The second-order valence-electron chi connectivity index (χ2n) is 4.06. The van der Waals surface area contributed by atoms with E-state index in [0.717, 1.165) is 19.3 Å². The second-order valence-corrected chi connectivity index (χ2v) is 6.24. The molecule has 0 unspecified atom stereocenters. The number of halogens is 1. The lowest BCUT2D eigenvalue weighted by Crippen LogP contribution is -2.25. The molecule has 0 aromatic heterocycles. The standard InChI is InChI=1S/C12H19ClN2O2S/c1-2-3-4-7-15-18(16,17)11-5-6-12(13)10(8-11)9-14/h5-6,8,15H,2-4,7,9,14H2,1H3. The first-order chi connectivity index (χ1) is 8.51. The molecular weight excluding hydrogens is 272 g/mol. The molecule has 0 amide bonds. The van der Waals surface area contributed by atoms with Gasteiger partial charge in [-0.25, -0.2) is 13.1 Å². The number of hydrogen-bond acceptors (Lipinski definition) is 3. The molecule has 0 atom stereocenters. The molecule has 102 valence electrons. The number of unbranched alkanes of at least 4 members (excludes halogenated alkanes) is 2. The van der Waals surface area contributed by atoms with E-state index in [1.54, 1.807) is 6.07 Å². The van der Waals surface area contributed by atoms with E-state index in [1.165, 1.54) is 12.1 Å². The molecule has 0 aliphatic carbocycles. The van der Waals surface area contributed by atoms with E-state index in [2.05, 4.69) is 11.6 Å². The second kappa shape index (κ2) is 7.09. The lowest BCUT2D eigenvalue weighted by atomic mass is 10.2. The first-order valence-electron chi connectivity index (χ1n) is 5.99. The number of benzene rings is 1. The van der Waals surface area contributed by atoms with Crippen LogP contribution in [0.25, 0.3) is 0 Å². The minimum atomic E-state index is -3.45. The van der Waals surface area contributed by atoms with E-state index < -0.39 is 10.0 Å². The van der Waals surface area contributed by atoms with E-state index in [1.807, 2.05) is 0 Å². The van der Waals surface area contributed by atoms with Crippen molar-refractivity contribution in [3.8, 4) is 0 Å². The van der Waals surface area contributed by atoms with Gasteiger partial charge in [0, 0.05) is 18.1 Å². The fraction of sp³-hybridized carbons (Fsp3) is 0.500. The Hall–Kier alpha value is -0.620. The maximum atomic E-state index is 12.0. The van der Waals surface area contributed by atoms with E-state index in [4.69, 9.17) is 17.3 Å². The highest BCUT2D eigenvalue weighted by Gasteiger charge is 2.14. The van der Waals surface area contributed by atoms with Gasteiger partial charge in [0.2, 0.25) is 10.0 Å². The van der Waals surface area contributed by atoms with Crippen molar-refractivity contribution in [2.24, 2.45) is 5.73 Å². The largest absolute Gasteiger partial charge is 0.326 e.